The minimum absolute atomic E-state index is 0.140. The van der Waals surface area contributed by atoms with Gasteiger partial charge in [0.1, 0.15) is 5.82 Å². The third-order valence-corrected chi connectivity index (χ3v) is 3.03. The summed E-state index contributed by atoms with van der Waals surface area (Å²) >= 11 is 0. The van der Waals surface area contributed by atoms with Gasteiger partial charge >= 0.3 is 5.69 Å². The molecule has 0 aliphatic heterocycles. The van der Waals surface area contributed by atoms with E-state index in [-0.39, 0.29) is 5.69 Å². The summed E-state index contributed by atoms with van der Waals surface area (Å²) in [5, 5.41) is 3.29. The Bertz CT molecular complexity index is 750. The molecule has 0 atom stereocenters. The highest BCUT2D eigenvalue weighted by Crippen LogP contribution is 2.12. The van der Waals surface area contributed by atoms with Crippen LogP contribution < -0.4 is 11.0 Å². The van der Waals surface area contributed by atoms with Crippen LogP contribution in [-0.2, 0) is 6.54 Å². The summed E-state index contributed by atoms with van der Waals surface area (Å²) in [7, 11) is 0. The standard InChI is InChI=1S/C14H15N5O/c1-10-16-8-12(18-10)9-17-11-2-4-13(5-3-11)19-7-6-15-14(19)20/h2-8,17H,9H2,1H3,(H,15,20)(H,16,18). The van der Waals surface area contributed by atoms with E-state index in [0.29, 0.717) is 6.54 Å². The Labute approximate surface area is 115 Å². The number of rotatable bonds is 4. The molecule has 2 heterocycles. The summed E-state index contributed by atoms with van der Waals surface area (Å²) in [4.78, 5) is 21.4. The molecule has 0 saturated carbocycles. The average molecular weight is 269 g/mol. The van der Waals surface area contributed by atoms with Crippen LogP contribution in [0.4, 0.5) is 5.69 Å². The lowest BCUT2D eigenvalue weighted by Gasteiger charge is -2.06. The highest BCUT2D eigenvalue weighted by molar-refractivity contribution is 5.48. The van der Waals surface area contributed by atoms with Gasteiger partial charge in [-0.3, -0.25) is 4.57 Å². The van der Waals surface area contributed by atoms with E-state index in [2.05, 4.69) is 20.3 Å². The number of anilines is 1. The second-order valence-corrected chi connectivity index (χ2v) is 4.53. The van der Waals surface area contributed by atoms with Crippen molar-refractivity contribution >= 4 is 5.69 Å². The van der Waals surface area contributed by atoms with Crippen molar-refractivity contribution in [2.24, 2.45) is 0 Å². The fourth-order valence-electron chi connectivity index (χ4n) is 2.02. The Morgan fingerprint density at radius 3 is 2.70 bits per heavy atom. The quantitative estimate of drug-likeness (QED) is 0.676. The van der Waals surface area contributed by atoms with Gasteiger partial charge in [-0.1, -0.05) is 0 Å². The Hall–Kier alpha value is -2.76. The molecule has 0 saturated heterocycles. The molecule has 0 aliphatic rings. The summed E-state index contributed by atoms with van der Waals surface area (Å²) in [5.74, 6) is 0.906. The zero-order valence-electron chi connectivity index (χ0n) is 11.1. The van der Waals surface area contributed by atoms with Gasteiger partial charge in [0.2, 0.25) is 0 Å². The predicted octanol–water partition coefficient (Wildman–Crippen LogP) is 1.81. The molecule has 6 heteroatoms. The molecule has 0 radical (unpaired) electrons. The van der Waals surface area contributed by atoms with E-state index in [4.69, 9.17) is 0 Å². The lowest BCUT2D eigenvalue weighted by Crippen LogP contribution is -2.13. The number of nitrogens with zero attached hydrogens (tertiary/aromatic N) is 2. The van der Waals surface area contributed by atoms with E-state index in [1.54, 1.807) is 17.0 Å². The first-order chi connectivity index (χ1) is 9.72. The first-order valence-corrected chi connectivity index (χ1v) is 6.33. The van der Waals surface area contributed by atoms with Gasteiger partial charge in [0.25, 0.3) is 0 Å². The zero-order chi connectivity index (χ0) is 13.9. The molecule has 102 valence electrons. The van der Waals surface area contributed by atoms with Crippen molar-refractivity contribution in [2.75, 3.05) is 5.32 Å². The third kappa shape index (κ3) is 2.49. The summed E-state index contributed by atoms with van der Waals surface area (Å²) in [6, 6.07) is 7.68. The number of H-pyrrole nitrogens is 2. The van der Waals surface area contributed by atoms with Crippen molar-refractivity contribution in [3.8, 4) is 5.69 Å². The number of aromatic amines is 2. The Kier molecular flexibility index (Phi) is 3.12. The lowest BCUT2D eigenvalue weighted by molar-refractivity contribution is 0.986. The second-order valence-electron chi connectivity index (χ2n) is 4.53. The van der Waals surface area contributed by atoms with Gasteiger partial charge in [-0.2, -0.15) is 0 Å². The molecule has 0 amide bonds. The molecule has 2 aromatic heterocycles. The number of nitrogens with one attached hydrogen (secondary N) is 3. The van der Waals surface area contributed by atoms with Crippen LogP contribution in [0.25, 0.3) is 5.69 Å². The minimum Gasteiger partial charge on any atom is -0.379 e. The lowest BCUT2D eigenvalue weighted by atomic mass is 10.2. The fraction of sp³-hybridized carbons (Fsp3) is 0.143. The first-order valence-electron chi connectivity index (χ1n) is 6.33. The molecule has 3 rings (SSSR count). The van der Waals surface area contributed by atoms with Crippen LogP contribution in [0.5, 0.6) is 0 Å². The maximum Gasteiger partial charge on any atom is 0.330 e. The number of aryl methyl sites for hydroxylation is 1. The summed E-state index contributed by atoms with van der Waals surface area (Å²) < 4.78 is 1.56. The van der Waals surface area contributed by atoms with Crippen molar-refractivity contribution in [3.63, 3.8) is 0 Å². The number of aromatic nitrogens is 4. The molecule has 0 fully saturated rings. The Morgan fingerprint density at radius 2 is 2.10 bits per heavy atom. The van der Waals surface area contributed by atoms with E-state index in [1.165, 1.54) is 0 Å². The highest BCUT2D eigenvalue weighted by atomic mass is 16.1. The van der Waals surface area contributed by atoms with E-state index in [1.807, 2.05) is 37.4 Å². The fourth-order valence-corrected chi connectivity index (χ4v) is 2.02. The van der Waals surface area contributed by atoms with Crippen LogP contribution in [0, 0.1) is 6.92 Å². The van der Waals surface area contributed by atoms with Gasteiger partial charge in [0.15, 0.2) is 0 Å². The van der Waals surface area contributed by atoms with Crippen molar-refractivity contribution < 1.29 is 0 Å². The number of imidazole rings is 2. The molecule has 3 aromatic rings. The molecule has 0 spiro atoms. The molecule has 3 N–H and O–H groups in total. The third-order valence-electron chi connectivity index (χ3n) is 3.03. The van der Waals surface area contributed by atoms with Gasteiger partial charge in [0, 0.05) is 18.1 Å². The zero-order valence-corrected chi connectivity index (χ0v) is 11.1. The van der Waals surface area contributed by atoms with Crippen LogP contribution in [0.2, 0.25) is 0 Å². The molecule has 20 heavy (non-hydrogen) atoms. The van der Waals surface area contributed by atoms with Gasteiger partial charge in [-0.05, 0) is 31.2 Å². The molecular formula is C14H15N5O. The van der Waals surface area contributed by atoms with Gasteiger partial charge < -0.3 is 15.3 Å². The van der Waals surface area contributed by atoms with E-state index in [0.717, 1.165) is 22.9 Å². The normalized spacial score (nSPS) is 10.7. The molecule has 6 nitrogen and oxygen atoms in total. The van der Waals surface area contributed by atoms with Crippen LogP contribution in [-0.4, -0.2) is 19.5 Å². The molecule has 0 bridgehead atoms. The van der Waals surface area contributed by atoms with E-state index in [9.17, 15) is 4.79 Å². The first kappa shape index (κ1) is 12.3. The SMILES string of the molecule is Cc1ncc(CNc2ccc(-n3cc[nH]c3=O)cc2)[nH]1. The number of hydrogen-bond donors (Lipinski definition) is 3. The molecule has 0 aliphatic carbocycles. The van der Waals surface area contributed by atoms with Crippen LogP contribution >= 0.6 is 0 Å². The van der Waals surface area contributed by atoms with Crippen LogP contribution in [0.15, 0.2) is 47.7 Å². The van der Waals surface area contributed by atoms with Crippen molar-refractivity contribution in [1.82, 2.24) is 19.5 Å². The van der Waals surface area contributed by atoms with Crippen molar-refractivity contribution in [2.45, 2.75) is 13.5 Å². The second kappa shape index (κ2) is 5.08. The monoisotopic (exact) mass is 269 g/mol. The molecule has 0 unspecified atom stereocenters. The summed E-state index contributed by atoms with van der Waals surface area (Å²) in [6.45, 7) is 2.61. The maximum absolute atomic E-state index is 11.5. The average Bonchev–Trinajstić information content (AvgIpc) is 3.06. The predicted molar refractivity (Wildman–Crippen MR) is 77.0 cm³/mol. The van der Waals surface area contributed by atoms with Crippen molar-refractivity contribution in [3.05, 3.63) is 64.9 Å². The van der Waals surface area contributed by atoms with Crippen LogP contribution in [0.1, 0.15) is 11.5 Å². The van der Waals surface area contributed by atoms with E-state index < -0.39 is 0 Å². The smallest absolute Gasteiger partial charge is 0.330 e. The topological polar surface area (TPSA) is 78.5 Å². The highest BCUT2D eigenvalue weighted by Gasteiger charge is 2.01. The Morgan fingerprint density at radius 1 is 1.30 bits per heavy atom. The van der Waals surface area contributed by atoms with Crippen molar-refractivity contribution in [1.29, 1.82) is 0 Å². The summed E-state index contributed by atoms with van der Waals surface area (Å²) in [6.07, 6.45) is 5.14. The molecule has 1 aromatic carbocycles. The minimum atomic E-state index is -0.140. The maximum atomic E-state index is 11.5. The van der Waals surface area contributed by atoms with Crippen LogP contribution in [0.3, 0.4) is 0 Å². The number of hydrogen-bond acceptors (Lipinski definition) is 3. The largest absolute Gasteiger partial charge is 0.379 e. The summed E-state index contributed by atoms with van der Waals surface area (Å²) in [5.41, 5.74) is 2.72. The molecular weight excluding hydrogens is 254 g/mol. The van der Waals surface area contributed by atoms with Gasteiger partial charge in [-0.25, -0.2) is 9.78 Å². The van der Waals surface area contributed by atoms with E-state index >= 15 is 0 Å². The Balaban J connectivity index is 1.70. The van der Waals surface area contributed by atoms with Gasteiger partial charge in [-0.15, -0.1) is 0 Å². The number of benzene rings is 1. The van der Waals surface area contributed by atoms with Gasteiger partial charge in [0.05, 0.1) is 24.1 Å².